The average molecular weight is 604 g/mol. The first-order chi connectivity index (χ1) is 22.8. The molecule has 0 aliphatic rings. The van der Waals surface area contributed by atoms with Crippen molar-refractivity contribution in [3.05, 3.63) is 176 Å². The number of benzene rings is 8. The third kappa shape index (κ3) is 4.63. The number of anilines is 3. The van der Waals surface area contributed by atoms with Crippen LogP contribution >= 0.6 is 11.3 Å². The van der Waals surface area contributed by atoms with Gasteiger partial charge in [0.25, 0.3) is 0 Å². The molecule has 0 amide bonds. The lowest BCUT2D eigenvalue weighted by atomic mass is 10.00. The maximum absolute atomic E-state index is 2.39. The van der Waals surface area contributed by atoms with E-state index in [1.165, 1.54) is 64.0 Å². The smallest absolute Gasteiger partial charge is 0.0476 e. The van der Waals surface area contributed by atoms with Crippen molar-refractivity contribution in [2.75, 3.05) is 4.90 Å². The Kier molecular flexibility index (Phi) is 6.40. The molecule has 0 saturated heterocycles. The number of fused-ring (bicyclic) bond motifs is 6. The highest BCUT2D eigenvalue weighted by atomic mass is 32.1. The Labute approximate surface area is 272 Å². The van der Waals surface area contributed by atoms with Gasteiger partial charge < -0.3 is 4.90 Å². The summed E-state index contributed by atoms with van der Waals surface area (Å²) in [6, 6.07) is 63.9. The molecule has 9 aromatic rings. The number of rotatable bonds is 5. The van der Waals surface area contributed by atoms with Crippen LogP contribution in [-0.2, 0) is 0 Å². The SMILES string of the molecule is c1ccc(-c2ccc(N(c3cccc(-c4ccc5ccccc5c4)c3)c3ccc4c(c3)sc3c5ccccc5ccc43)cc2)cc1. The zero-order valence-corrected chi connectivity index (χ0v) is 25.9. The van der Waals surface area contributed by atoms with Crippen LogP contribution in [0.1, 0.15) is 0 Å². The van der Waals surface area contributed by atoms with Crippen molar-refractivity contribution in [1.82, 2.24) is 0 Å². The first-order valence-corrected chi connectivity index (χ1v) is 16.5. The molecule has 2 heteroatoms. The second kappa shape index (κ2) is 11.0. The second-order valence-electron chi connectivity index (χ2n) is 11.8. The Morgan fingerprint density at radius 3 is 1.80 bits per heavy atom. The van der Waals surface area contributed by atoms with E-state index < -0.39 is 0 Å². The topological polar surface area (TPSA) is 3.24 Å². The summed E-state index contributed by atoms with van der Waals surface area (Å²) in [4.78, 5) is 2.39. The molecule has 0 aliphatic heterocycles. The summed E-state index contributed by atoms with van der Waals surface area (Å²) in [5.74, 6) is 0. The van der Waals surface area contributed by atoms with E-state index in [0.717, 1.165) is 17.1 Å². The van der Waals surface area contributed by atoms with Gasteiger partial charge in [-0.3, -0.25) is 0 Å². The van der Waals surface area contributed by atoms with Gasteiger partial charge >= 0.3 is 0 Å². The Morgan fingerprint density at radius 2 is 0.935 bits per heavy atom. The van der Waals surface area contributed by atoms with Crippen LogP contribution in [-0.4, -0.2) is 0 Å². The fourth-order valence-electron chi connectivity index (χ4n) is 6.71. The zero-order valence-electron chi connectivity index (χ0n) is 25.1. The summed E-state index contributed by atoms with van der Waals surface area (Å²) in [5, 5.41) is 7.74. The van der Waals surface area contributed by atoms with Crippen molar-refractivity contribution in [1.29, 1.82) is 0 Å². The van der Waals surface area contributed by atoms with E-state index in [1.54, 1.807) is 0 Å². The van der Waals surface area contributed by atoms with Crippen molar-refractivity contribution >= 4 is 70.1 Å². The second-order valence-corrected chi connectivity index (χ2v) is 12.9. The molecule has 216 valence electrons. The van der Waals surface area contributed by atoms with Crippen LogP contribution in [0.25, 0.3) is 64.0 Å². The lowest BCUT2D eigenvalue weighted by molar-refractivity contribution is 1.29. The van der Waals surface area contributed by atoms with E-state index in [1.807, 2.05) is 11.3 Å². The number of thiophene rings is 1. The van der Waals surface area contributed by atoms with Crippen LogP contribution in [0, 0.1) is 0 Å². The minimum Gasteiger partial charge on any atom is -0.310 e. The van der Waals surface area contributed by atoms with Crippen LogP contribution in [0.4, 0.5) is 17.1 Å². The van der Waals surface area contributed by atoms with Gasteiger partial charge in [-0.2, -0.15) is 0 Å². The van der Waals surface area contributed by atoms with Gasteiger partial charge in [-0.25, -0.2) is 0 Å². The molecule has 1 aromatic heterocycles. The summed E-state index contributed by atoms with van der Waals surface area (Å²) in [6.45, 7) is 0. The van der Waals surface area contributed by atoms with Gasteiger partial charge in [0.15, 0.2) is 0 Å². The Bertz CT molecular complexity index is 2530. The molecule has 0 aliphatic carbocycles. The first kappa shape index (κ1) is 26.7. The van der Waals surface area contributed by atoms with Gasteiger partial charge in [-0.15, -0.1) is 11.3 Å². The lowest BCUT2D eigenvalue weighted by Gasteiger charge is -2.26. The molecule has 0 saturated carbocycles. The average Bonchev–Trinajstić information content (AvgIpc) is 3.51. The molecule has 9 rings (SSSR count). The van der Waals surface area contributed by atoms with Crippen molar-refractivity contribution in [2.24, 2.45) is 0 Å². The minimum atomic E-state index is 1.13. The van der Waals surface area contributed by atoms with Gasteiger partial charge in [-0.05, 0) is 86.3 Å². The highest BCUT2D eigenvalue weighted by molar-refractivity contribution is 7.26. The van der Waals surface area contributed by atoms with Crippen LogP contribution in [0.5, 0.6) is 0 Å². The highest BCUT2D eigenvalue weighted by Gasteiger charge is 2.17. The van der Waals surface area contributed by atoms with Crippen LogP contribution in [0.15, 0.2) is 176 Å². The number of hydrogen-bond donors (Lipinski definition) is 0. The maximum Gasteiger partial charge on any atom is 0.0476 e. The maximum atomic E-state index is 2.39. The predicted octanol–water partition coefficient (Wildman–Crippen LogP) is 13.2. The van der Waals surface area contributed by atoms with Crippen LogP contribution in [0.3, 0.4) is 0 Å². The highest BCUT2D eigenvalue weighted by Crippen LogP contribution is 2.43. The molecule has 0 fully saturated rings. The molecule has 0 radical (unpaired) electrons. The quantitative estimate of drug-likeness (QED) is 0.189. The van der Waals surface area contributed by atoms with Crippen LogP contribution in [0.2, 0.25) is 0 Å². The largest absolute Gasteiger partial charge is 0.310 e. The lowest BCUT2D eigenvalue weighted by Crippen LogP contribution is -2.09. The third-order valence-corrected chi connectivity index (χ3v) is 10.2. The molecular weight excluding hydrogens is 575 g/mol. The summed E-state index contributed by atoms with van der Waals surface area (Å²) in [5.41, 5.74) is 8.24. The van der Waals surface area contributed by atoms with Crippen molar-refractivity contribution in [2.45, 2.75) is 0 Å². The van der Waals surface area contributed by atoms with Crippen molar-refractivity contribution < 1.29 is 0 Å². The van der Waals surface area contributed by atoms with Gasteiger partial charge in [0, 0.05) is 37.2 Å². The van der Waals surface area contributed by atoms with Crippen molar-refractivity contribution in [3.63, 3.8) is 0 Å². The monoisotopic (exact) mass is 603 g/mol. The van der Waals surface area contributed by atoms with Crippen LogP contribution < -0.4 is 4.90 Å². The first-order valence-electron chi connectivity index (χ1n) is 15.7. The molecule has 1 nitrogen and oxygen atoms in total. The molecule has 0 bridgehead atoms. The fourth-order valence-corrected chi connectivity index (χ4v) is 7.98. The van der Waals surface area contributed by atoms with E-state index in [2.05, 4.69) is 181 Å². The van der Waals surface area contributed by atoms with Crippen molar-refractivity contribution in [3.8, 4) is 22.3 Å². The molecule has 46 heavy (non-hydrogen) atoms. The summed E-state index contributed by atoms with van der Waals surface area (Å²) in [7, 11) is 0. The summed E-state index contributed by atoms with van der Waals surface area (Å²) < 4.78 is 2.64. The predicted molar refractivity (Wildman–Crippen MR) is 200 cm³/mol. The summed E-state index contributed by atoms with van der Waals surface area (Å²) >= 11 is 1.89. The molecule has 1 heterocycles. The third-order valence-electron chi connectivity index (χ3n) is 9.02. The van der Waals surface area contributed by atoms with E-state index in [0.29, 0.717) is 0 Å². The minimum absolute atomic E-state index is 1.13. The van der Waals surface area contributed by atoms with E-state index in [9.17, 15) is 0 Å². The Balaban J connectivity index is 1.20. The molecule has 0 unspecified atom stereocenters. The number of hydrogen-bond acceptors (Lipinski definition) is 2. The van der Waals surface area contributed by atoms with Gasteiger partial charge in [0.2, 0.25) is 0 Å². The normalized spacial score (nSPS) is 11.5. The van der Waals surface area contributed by atoms with E-state index >= 15 is 0 Å². The molecule has 0 N–H and O–H groups in total. The zero-order chi connectivity index (χ0) is 30.5. The van der Waals surface area contributed by atoms with E-state index in [-0.39, 0.29) is 0 Å². The van der Waals surface area contributed by atoms with Gasteiger partial charge in [0.1, 0.15) is 0 Å². The molecule has 0 spiro atoms. The molecule has 0 atom stereocenters. The molecular formula is C44H29NS. The Hall–Kier alpha value is -5.70. The standard InChI is InChI=1S/C44H29NS/c1-2-9-30(10-3-1)32-19-22-37(23-20-32)45(38-15-8-14-35(28-38)36-18-17-31-11-4-5-13-34(31)27-36)39-24-26-41-42-25-21-33-12-6-7-16-40(33)44(42)46-43(41)29-39/h1-29H. The number of nitrogens with zero attached hydrogens (tertiary/aromatic N) is 1. The Morgan fingerprint density at radius 1 is 0.326 bits per heavy atom. The van der Waals surface area contributed by atoms with Gasteiger partial charge in [0.05, 0.1) is 0 Å². The van der Waals surface area contributed by atoms with Gasteiger partial charge in [-0.1, -0.05) is 133 Å². The molecule has 8 aromatic carbocycles. The fraction of sp³-hybridized carbons (Fsp3) is 0. The van der Waals surface area contributed by atoms with E-state index in [4.69, 9.17) is 0 Å². The summed E-state index contributed by atoms with van der Waals surface area (Å²) in [6.07, 6.45) is 0.